The Labute approximate surface area is 117 Å². The number of halogens is 2. The second kappa shape index (κ2) is 5.78. The van der Waals surface area contributed by atoms with Crippen molar-refractivity contribution in [3.05, 3.63) is 28.5 Å². The Kier molecular flexibility index (Phi) is 4.30. The predicted molar refractivity (Wildman–Crippen MR) is 74.8 cm³/mol. The van der Waals surface area contributed by atoms with E-state index in [9.17, 15) is 9.18 Å². The molecule has 0 bridgehead atoms. The number of rotatable bonds is 2. The fourth-order valence-electron chi connectivity index (χ4n) is 2.59. The molecular weight excluding hydrogens is 267 g/mol. The van der Waals surface area contributed by atoms with E-state index in [1.54, 1.807) is 11.9 Å². The number of nitrogens with two attached hydrogens (primary N) is 1. The molecule has 0 aromatic heterocycles. The summed E-state index contributed by atoms with van der Waals surface area (Å²) in [7, 11) is 1.75. The summed E-state index contributed by atoms with van der Waals surface area (Å²) in [6.45, 7) is 0. The summed E-state index contributed by atoms with van der Waals surface area (Å²) < 4.78 is 13.4. The number of nitrogens with zero attached hydrogens (tertiary/aromatic N) is 1. The third kappa shape index (κ3) is 3.00. The van der Waals surface area contributed by atoms with Gasteiger partial charge in [0.15, 0.2) is 0 Å². The van der Waals surface area contributed by atoms with E-state index in [4.69, 9.17) is 17.3 Å². The molecule has 3 nitrogen and oxygen atoms in total. The van der Waals surface area contributed by atoms with E-state index in [1.807, 2.05) is 0 Å². The number of nitrogen functional groups attached to an aromatic ring is 1. The fraction of sp³-hybridized carbons (Fsp3) is 0.500. The second-order valence-corrected chi connectivity index (χ2v) is 5.46. The molecule has 0 heterocycles. The monoisotopic (exact) mass is 284 g/mol. The summed E-state index contributed by atoms with van der Waals surface area (Å²) in [4.78, 5) is 14.1. The lowest BCUT2D eigenvalue weighted by Crippen LogP contribution is -2.38. The van der Waals surface area contributed by atoms with Crippen LogP contribution in [0.2, 0.25) is 5.02 Å². The van der Waals surface area contributed by atoms with Crippen LogP contribution in [0.15, 0.2) is 12.1 Å². The molecule has 1 fully saturated rings. The van der Waals surface area contributed by atoms with Crippen LogP contribution in [0.25, 0.3) is 0 Å². The van der Waals surface area contributed by atoms with Crippen molar-refractivity contribution in [3.8, 4) is 0 Å². The van der Waals surface area contributed by atoms with E-state index in [2.05, 4.69) is 0 Å². The first-order valence-corrected chi connectivity index (χ1v) is 6.90. The molecule has 1 aliphatic carbocycles. The van der Waals surface area contributed by atoms with Gasteiger partial charge in [-0.2, -0.15) is 0 Å². The average molecular weight is 285 g/mol. The van der Waals surface area contributed by atoms with Crippen molar-refractivity contribution in [1.29, 1.82) is 0 Å². The zero-order valence-electron chi connectivity index (χ0n) is 11.0. The van der Waals surface area contributed by atoms with Crippen molar-refractivity contribution < 1.29 is 9.18 Å². The molecule has 104 valence electrons. The molecular formula is C14H18ClFN2O. The normalized spacial score (nSPS) is 16.4. The molecule has 0 unspecified atom stereocenters. The molecule has 1 saturated carbocycles. The number of carbonyl (C=O) groups is 1. The van der Waals surface area contributed by atoms with Gasteiger partial charge >= 0.3 is 0 Å². The minimum absolute atomic E-state index is 0.0837. The second-order valence-electron chi connectivity index (χ2n) is 5.06. The van der Waals surface area contributed by atoms with Crippen LogP contribution in [0.3, 0.4) is 0 Å². The molecule has 2 N–H and O–H groups in total. The predicted octanol–water partition coefficient (Wildman–Crippen LogP) is 3.47. The molecule has 0 saturated heterocycles. The zero-order chi connectivity index (χ0) is 14.0. The highest BCUT2D eigenvalue weighted by molar-refractivity contribution is 6.34. The van der Waals surface area contributed by atoms with E-state index in [-0.39, 0.29) is 28.2 Å². The highest BCUT2D eigenvalue weighted by atomic mass is 35.5. The highest BCUT2D eigenvalue weighted by Crippen LogP contribution is 2.28. The Morgan fingerprint density at radius 1 is 1.37 bits per heavy atom. The van der Waals surface area contributed by atoms with Gasteiger partial charge in [-0.25, -0.2) is 4.39 Å². The van der Waals surface area contributed by atoms with Crippen molar-refractivity contribution in [2.75, 3.05) is 12.8 Å². The molecule has 1 aromatic rings. The molecule has 1 aliphatic rings. The van der Waals surface area contributed by atoms with Gasteiger partial charge in [0.05, 0.1) is 16.3 Å². The van der Waals surface area contributed by atoms with Crippen LogP contribution < -0.4 is 5.73 Å². The van der Waals surface area contributed by atoms with Gasteiger partial charge < -0.3 is 10.6 Å². The van der Waals surface area contributed by atoms with E-state index in [0.29, 0.717) is 0 Å². The molecule has 19 heavy (non-hydrogen) atoms. The Hall–Kier alpha value is -1.29. The summed E-state index contributed by atoms with van der Waals surface area (Å²) in [5.74, 6) is -0.801. The first-order chi connectivity index (χ1) is 9.00. The highest BCUT2D eigenvalue weighted by Gasteiger charge is 2.25. The summed E-state index contributed by atoms with van der Waals surface area (Å²) >= 11 is 5.82. The van der Waals surface area contributed by atoms with Gasteiger partial charge in [0.1, 0.15) is 5.82 Å². The molecule has 5 heteroatoms. The number of hydrogen-bond acceptors (Lipinski definition) is 2. The third-order valence-electron chi connectivity index (χ3n) is 3.77. The number of carbonyl (C=O) groups excluding carboxylic acids is 1. The van der Waals surface area contributed by atoms with E-state index in [0.717, 1.165) is 37.8 Å². The zero-order valence-corrected chi connectivity index (χ0v) is 11.7. The molecule has 1 aromatic carbocycles. The number of benzene rings is 1. The molecule has 2 rings (SSSR count). The van der Waals surface area contributed by atoms with Gasteiger partial charge in [0.2, 0.25) is 0 Å². The van der Waals surface area contributed by atoms with Crippen molar-refractivity contribution >= 4 is 23.2 Å². The Morgan fingerprint density at radius 2 is 2.00 bits per heavy atom. The van der Waals surface area contributed by atoms with Gasteiger partial charge in [-0.15, -0.1) is 0 Å². The molecule has 1 amide bonds. The van der Waals surface area contributed by atoms with Crippen molar-refractivity contribution in [3.63, 3.8) is 0 Å². The first-order valence-electron chi connectivity index (χ1n) is 6.52. The van der Waals surface area contributed by atoms with Crippen LogP contribution in [0.1, 0.15) is 42.5 Å². The van der Waals surface area contributed by atoms with Gasteiger partial charge in [-0.1, -0.05) is 30.9 Å². The minimum Gasteiger partial charge on any atom is -0.397 e. The molecule has 0 aliphatic heterocycles. The molecule has 0 atom stereocenters. The van der Waals surface area contributed by atoms with Crippen molar-refractivity contribution in [2.45, 2.75) is 38.1 Å². The number of amides is 1. The maximum Gasteiger partial charge on any atom is 0.256 e. The Balaban J connectivity index is 2.23. The maximum absolute atomic E-state index is 13.4. The lowest BCUT2D eigenvalue weighted by Gasteiger charge is -2.31. The van der Waals surface area contributed by atoms with Crippen LogP contribution in [-0.2, 0) is 0 Å². The number of anilines is 1. The summed E-state index contributed by atoms with van der Waals surface area (Å²) in [6, 6.07) is 2.49. The van der Waals surface area contributed by atoms with E-state index in [1.165, 1.54) is 6.42 Å². The minimum atomic E-state index is -0.542. The van der Waals surface area contributed by atoms with Crippen LogP contribution in [0.5, 0.6) is 0 Å². The summed E-state index contributed by atoms with van der Waals surface area (Å²) in [5.41, 5.74) is 6.07. The van der Waals surface area contributed by atoms with Gasteiger partial charge in [-0.05, 0) is 25.0 Å². The molecule has 0 radical (unpaired) electrons. The van der Waals surface area contributed by atoms with Crippen LogP contribution in [0.4, 0.5) is 10.1 Å². The van der Waals surface area contributed by atoms with Crippen LogP contribution >= 0.6 is 11.6 Å². The topological polar surface area (TPSA) is 46.3 Å². The quantitative estimate of drug-likeness (QED) is 0.845. The van der Waals surface area contributed by atoms with Gasteiger partial charge in [-0.3, -0.25) is 4.79 Å². The standard InChI is InChI=1S/C14H18ClFN2O/c1-18(10-5-3-2-4-6-10)14(19)11-7-9(16)8-12(15)13(11)17/h7-8,10H,2-6,17H2,1H3. The SMILES string of the molecule is CN(C(=O)c1cc(F)cc(Cl)c1N)C1CCCCC1. The third-order valence-corrected chi connectivity index (χ3v) is 4.08. The maximum atomic E-state index is 13.4. The molecule has 0 spiro atoms. The largest absolute Gasteiger partial charge is 0.397 e. The average Bonchev–Trinajstić information content (AvgIpc) is 2.42. The van der Waals surface area contributed by atoms with Crippen LogP contribution in [-0.4, -0.2) is 23.9 Å². The van der Waals surface area contributed by atoms with E-state index < -0.39 is 5.82 Å². The smallest absolute Gasteiger partial charge is 0.256 e. The lowest BCUT2D eigenvalue weighted by atomic mass is 9.94. The van der Waals surface area contributed by atoms with Gasteiger partial charge in [0.25, 0.3) is 5.91 Å². The van der Waals surface area contributed by atoms with E-state index >= 15 is 0 Å². The van der Waals surface area contributed by atoms with Crippen molar-refractivity contribution in [2.24, 2.45) is 0 Å². The Morgan fingerprint density at radius 3 is 2.63 bits per heavy atom. The summed E-state index contributed by atoms with van der Waals surface area (Å²) in [6.07, 6.45) is 5.45. The Bertz CT molecular complexity index is 487. The fourth-order valence-corrected chi connectivity index (χ4v) is 2.79. The number of hydrogen-bond donors (Lipinski definition) is 1. The van der Waals surface area contributed by atoms with Crippen molar-refractivity contribution in [1.82, 2.24) is 4.90 Å². The van der Waals surface area contributed by atoms with Gasteiger partial charge in [0, 0.05) is 13.1 Å². The van der Waals surface area contributed by atoms with Crippen LogP contribution in [0, 0.1) is 5.82 Å². The lowest BCUT2D eigenvalue weighted by molar-refractivity contribution is 0.0697. The summed E-state index contributed by atoms with van der Waals surface area (Å²) in [5, 5.41) is 0.0837. The first kappa shape index (κ1) is 14.1.